The molecule has 1 N–H and O–H groups in total. The van der Waals surface area contributed by atoms with Crippen LogP contribution in [0.1, 0.15) is 50.7 Å². The van der Waals surface area contributed by atoms with Crippen molar-refractivity contribution in [3.63, 3.8) is 0 Å². The fourth-order valence-corrected chi connectivity index (χ4v) is 10.6. The molecule has 2 aromatic rings. The minimum Gasteiger partial charge on any atom is -0.497 e. The third kappa shape index (κ3) is 5.61. The fourth-order valence-electron chi connectivity index (χ4n) is 8.12. The van der Waals surface area contributed by atoms with Gasteiger partial charge in [0.15, 0.2) is 11.8 Å². The summed E-state index contributed by atoms with van der Waals surface area (Å²) in [6, 6.07) is 12.2. The fraction of sp³-hybridized carbons (Fsp3) is 0.529. The van der Waals surface area contributed by atoms with E-state index in [4.69, 9.17) is 14.2 Å². The summed E-state index contributed by atoms with van der Waals surface area (Å²) in [4.78, 5) is 57.1. The van der Waals surface area contributed by atoms with Crippen molar-refractivity contribution in [3.05, 3.63) is 53.6 Å². The Balaban J connectivity index is 1.35. The summed E-state index contributed by atoms with van der Waals surface area (Å²) in [5.74, 6) is -1.32. The van der Waals surface area contributed by atoms with Crippen LogP contribution < -0.4 is 14.5 Å². The van der Waals surface area contributed by atoms with Crippen molar-refractivity contribution in [1.29, 1.82) is 0 Å². The second-order valence-electron chi connectivity index (χ2n) is 13.5. The molecule has 252 valence electrons. The molecule has 13 heteroatoms. The number of nitrogens with zero attached hydrogens (tertiary/aromatic N) is 3. The molecule has 4 aliphatic heterocycles. The molecular weight excluding hydrogens is 625 g/mol. The van der Waals surface area contributed by atoms with Gasteiger partial charge in [-0.3, -0.25) is 24.1 Å². The van der Waals surface area contributed by atoms with Crippen molar-refractivity contribution in [2.45, 2.75) is 88.7 Å². The zero-order chi connectivity index (χ0) is 33.8. The molecule has 1 unspecified atom stereocenters. The number of rotatable bonds is 9. The topological polar surface area (TPSA) is 126 Å². The summed E-state index contributed by atoms with van der Waals surface area (Å²) in [7, 11) is -1.98. The number of β-lactam (4-membered cyclic amide) rings is 1. The summed E-state index contributed by atoms with van der Waals surface area (Å²) in [6.07, 6.45) is -0.0294. The lowest BCUT2D eigenvalue weighted by atomic mass is 9.82. The molecule has 1 spiro atoms. The molecule has 6 rings (SSSR count). The van der Waals surface area contributed by atoms with Gasteiger partial charge in [0.2, 0.25) is 20.2 Å². The zero-order valence-corrected chi connectivity index (χ0v) is 28.4. The van der Waals surface area contributed by atoms with Crippen LogP contribution in [0.15, 0.2) is 42.5 Å². The highest BCUT2D eigenvalue weighted by molar-refractivity contribution is 6.72. The lowest BCUT2D eigenvalue weighted by molar-refractivity contribution is -0.154. The van der Waals surface area contributed by atoms with Gasteiger partial charge in [-0.1, -0.05) is 19.1 Å². The normalized spacial score (nSPS) is 28.6. The maximum atomic E-state index is 16.3. The van der Waals surface area contributed by atoms with Crippen molar-refractivity contribution in [2.75, 3.05) is 30.1 Å². The molecular formula is C34H42FN3O8Si. The lowest BCUT2D eigenvalue weighted by Crippen LogP contribution is -2.54. The smallest absolute Gasteiger partial charge is 0.304 e. The van der Waals surface area contributed by atoms with E-state index in [1.165, 1.54) is 18.9 Å². The minimum atomic E-state index is -3.51. The first-order valence-corrected chi connectivity index (χ1v) is 19.1. The molecule has 6 atom stereocenters. The Morgan fingerprint density at radius 2 is 1.94 bits per heavy atom. The number of amides is 3. The number of hydrogen-bond acceptors (Lipinski definition) is 8. The number of anilines is 2. The standard InChI is InChI=1S/C34H42FN3O8Si/c1-20-32(47(4,5)35)28(16-29(41)36-13-7-10-24(36)19-39)46-34(20)26-15-25(44-3)11-12-27(26)37(33(34)43)18-22-8-6-9-23(14-22)38-30(42)17-31(38)45-21(2)40/h6,8-9,11-12,14-15,20,24,28,31-32,39H,7,10,13,16-19H2,1-5H3/t20-,24+,28+,31?,32-,34+/m1/s1. The maximum absolute atomic E-state index is 16.3. The third-order valence-corrected chi connectivity index (χ3v) is 12.6. The molecule has 0 radical (unpaired) electrons. The number of carbonyl (C=O) groups is 4. The molecule has 4 aliphatic rings. The Bertz CT molecular complexity index is 1600. The van der Waals surface area contributed by atoms with E-state index in [9.17, 15) is 24.3 Å². The van der Waals surface area contributed by atoms with Gasteiger partial charge in [0.1, 0.15) is 5.75 Å². The highest BCUT2D eigenvalue weighted by Gasteiger charge is 2.67. The number of methoxy groups -OCH3 is 1. The predicted molar refractivity (Wildman–Crippen MR) is 173 cm³/mol. The van der Waals surface area contributed by atoms with Crippen molar-refractivity contribution < 1.29 is 42.6 Å². The number of esters is 1. The molecule has 0 aliphatic carbocycles. The summed E-state index contributed by atoms with van der Waals surface area (Å²) < 4.78 is 33.9. The first-order chi connectivity index (χ1) is 22.3. The van der Waals surface area contributed by atoms with E-state index in [1.807, 2.05) is 13.0 Å². The first-order valence-electron chi connectivity index (χ1n) is 16.2. The van der Waals surface area contributed by atoms with Crippen LogP contribution in [0.3, 0.4) is 0 Å². The second kappa shape index (κ2) is 12.3. The molecule has 11 nitrogen and oxygen atoms in total. The number of halogens is 1. The van der Waals surface area contributed by atoms with Gasteiger partial charge in [0, 0.05) is 36.2 Å². The van der Waals surface area contributed by atoms with E-state index in [2.05, 4.69) is 0 Å². The molecule has 3 saturated heterocycles. The van der Waals surface area contributed by atoms with Gasteiger partial charge in [-0.25, -0.2) is 0 Å². The SMILES string of the molecule is COc1ccc2c(c1)[C@]1(O[C@@H](CC(=O)N3CCC[C@H]3CO)[C@H]([Si](C)(C)F)[C@H]1C)C(=O)N2Cc1cccc(N2C(=O)CC2OC(C)=O)c1. The number of likely N-dealkylation sites (tertiary alicyclic amines) is 1. The zero-order valence-electron chi connectivity index (χ0n) is 27.4. The molecule has 2 aromatic carbocycles. The van der Waals surface area contributed by atoms with Crippen LogP contribution in [0.2, 0.25) is 18.6 Å². The number of ether oxygens (including phenoxy) is 3. The summed E-state index contributed by atoms with van der Waals surface area (Å²) in [5, 5.41) is 9.83. The van der Waals surface area contributed by atoms with E-state index in [-0.39, 0.29) is 49.8 Å². The predicted octanol–water partition coefficient (Wildman–Crippen LogP) is 4.02. The van der Waals surface area contributed by atoms with Crippen molar-refractivity contribution in [3.8, 4) is 5.75 Å². The highest BCUT2D eigenvalue weighted by Crippen LogP contribution is 2.60. The van der Waals surface area contributed by atoms with Gasteiger partial charge < -0.3 is 33.2 Å². The van der Waals surface area contributed by atoms with E-state index < -0.39 is 43.8 Å². The second-order valence-corrected chi connectivity index (χ2v) is 17.3. The number of hydrogen-bond donors (Lipinski definition) is 1. The van der Waals surface area contributed by atoms with Gasteiger partial charge >= 0.3 is 5.97 Å². The Morgan fingerprint density at radius 3 is 2.60 bits per heavy atom. The summed E-state index contributed by atoms with van der Waals surface area (Å²) in [6.45, 7) is 6.83. The van der Waals surface area contributed by atoms with Crippen LogP contribution in [-0.2, 0) is 40.8 Å². The van der Waals surface area contributed by atoms with Crippen LogP contribution >= 0.6 is 0 Å². The lowest BCUT2D eigenvalue weighted by Gasteiger charge is -2.39. The number of aliphatic hydroxyl groups excluding tert-OH is 1. The van der Waals surface area contributed by atoms with E-state index in [1.54, 1.807) is 59.3 Å². The van der Waals surface area contributed by atoms with Gasteiger partial charge in [-0.05, 0) is 61.8 Å². The number of fused-ring (bicyclic) bond motifs is 2. The molecule has 0 aromatic heterocycles. The number of carbonyl (C=O) groups excluding carboxylic acids is 4. The summed E-state index contributed by atoms with van der Waals surface area (Å²) >= 11 is 0. The molecule has 4 heterocycles. The van der Waals surface area contributed by atoms with Gasteiger partial charge in [0.05, 0.1) is 50.9 Å². The third-order valence-electron chi connectivity index (χ3n) is 10.2. The van der Waals surface area contributed by atoms with Crippen molar-refractivity contribution in [2.24, 2.45) is 5.92 Å². The van der Waals surface area contributed by atoms with Crippen LogP contribution in [0.4, 0.5) is 15.5 Å². The Hall–Kier alpha value is -3.81. The largest absolute Gasteiger partial charge is 0.497 e. The van der Waals surface area contributed by atoms with Crippen molar-refractivity contribution >= 4 is 43.5 Å². The van der Waals surface area contributed by atoms with E-state index >= 15 is 4.11 Å². The van der Waals surface area contributed by atoms with Crippen LogP contribution in [0.25, 0.3) is 0 Å². The average molecular weight is 668 g/mol. The Kier molecular flexibility index (Phi) is 8.68. The maximum Gasteiger partial charge on any atom is 0.304 e. The van der Waals surface area contributed by atoms with Gasteiger partial charge in [0.25, 0.3) is 5.91 Å². The minimum absolute atomic E-state index is 0.0877. The molecule has 3 fully saturated rings. The highest BCUT2D eigenvalue weighted by atomic mass is 28.4. The van der Waals surface area contributed by atoms with Crippen LogP contribution in [-0.4, -0.2) is 80.7 Å². The quantitative estimate of drug-likeness (QED) is 0.184. The van der Waals surface area contributed by atoms with E-state index in [0.717, 1.165) is 6.42 Å². The number of benzene rings is 2. The Labute approximate surface area is 274 Å². The van der Waals surface area contributed by atoms with Gasteiger partial charge in [-0.15, -0.1) is 0 Å². The monoisotopic (exact) mass is 667 g/mol. The number of aliphatic hydroxyl groups is 1. The summed E-state index contributed by atoms with van der Waals surface area (Å²) in [5.41, 5.74) is 0.195. The molecule has 47 heavy (non-hydrogen) atoms. The average Bonchev–Trinajstić information content (AvgIpc) is 3.67. The molecule has 0 saturated carbocycles. The van der Waals surface area contributed by atoms with Crippen LogP contribution in [0, 0.1) is 5.92 Å². The Morgan fingerprint density at radius 1 is 1.17 bits per heavy atom. The molecule has 3 amide bonds. The van der Waals surface area contributed by atoms with Gasteiger partial charge in [-0.2, -0.15) is 0 Å². The van der Waals surface area contributed by atoms with E-state index in [0.29, 0.717) is 41.2 Å². The van der Waals surface area contributed by atoms with Crippen molar-refractivity contribution in [1.82, 2.24) is 4.90 Å². The van der Waals surface area contributed by atoms with Crippen LogP contribution in [0.5, 0.6) is 5.75 Å². The molecule has 0 bridgehead atoms. The first kappa shape index (κ1) is 33.1.